The first-order chi connectivity index (χ1) is 15.4. The van der Waals surface area contributed by atoms with Gasteiger partial charge in [-0.15, -0.1) is 0 Å². The summed E-state index contributed by atoms with van der Waals surface area (Å²) >= 11 is 0. The molecule has 1 amide bonds. The third-order valence-corrected chi connectivity index (χ3v) is 8.11. The van der Waals surface area contributed by atoms with Crippen molar-refractivity contribution in [2.75, 3.05) is 33.2 Å². The normalized spacial score (nSPS) is 16.4. The summed E-state index contributed by atoms with van der Waals surface area (Å²) < 4.78 is 27.1. The number of hydrogen-bond donors (Lipinski definition) is 0. The molecule has 3 aromatic rings. The molecule has 1 aliphatic heterocycles. The topological polar surface area (TPSA) is 60.9 Å². The Morgan fingerprint density at radius 2 is 1.53 bits per heavy atom. The molecule has 1 fully saturated rings. The van der Waals surface area contributed by atoms with Gasteiger partial charge in [0.25, 0.3) is 0 Å². The Hall–Kier alpha value is -2.74. The monoisotopic (exact) mass is 451 g/mol. The molecule has 3 aromatic carbocycles. The summed E-state index contributed by atoms with van der Waals surface area (Å²) in [7, 11) is -1.57. The molecule has 0 aromatic heterocycles. The van der Waals surface area contributed by atoms with Crippen LogP contribution in [-0.4, -0.2) is 67.7 Å². The maximum Gasteiger partial charge on any atom is 0.243 e. The van der Waals surface area contributed by atoms with Crippen LogP contribution < -0.4 is 0 Å². The summed E-state index contributed by atoms with van der Waals surface area (Å²) in [5.74, 6) is 0.0325. The highest BCUT2D eigenvalue weighted by Gasteiger charge is 2.32. The number of rotatable bonds is 6. The molecule has 1 unspecified atom stereocenters. The lowest BCUT2D eigenvalue weighted by Gasteiger charge is -2.36. The Labute approximate surface area is 190 Å². The molecule has 0 bridgehead atoms. The van der Waals surface area contributed by atoms with Gasteiger partial charge in [0.05, 0.1) is 10.9 Å². The van der Waals surface area contributed by atoms with E-state index in [9.17, 15) is 13.2 Å². The van der Waals surface area contributed by atoms with Gasteiger partial charge >= 0.3 is 0 Å². The quantitative estimate of drug-likeness (QED) is 0.578. The average Bonchev–Trinajstić information content (AvgIpc) is 2.83. The van der Waals surface area contributed by atoms with Crippen LogP contribution in [0.5, 0.6) is 0 Å². The van der Waals surface area contributed by atoms with Crippen LogP contribution >= 0.6 is 0 Å². The number of benzene rings is 3. The molecule has 0 N–H and O–H groups in total. The second-order valence-electron chi connectivity index (χ2n) is 8.32. The molecule has 1 aliphatic rings. The first-order valence-electron chi connectivity index (χ1n) is 10.9. The molecule has 7 heteroatoms. The molecule has 1 heterocycles. The minimum absolute atomic E-state index is 0.0325. The molecular formula is C25H29N3O3S. The minimum atomic E-state index is -3.52. The van der Waals surface area contributed by atoms with Gasteiger partial charge in [-0.25, -0.2) is 8.42 Å². The Balaban J connectivity index is 1.36. The van der Waals surface area contributed by atoms with Crippen LogP contribution in [0.4, 0.5) is 0 Å². The van der Waals surface area contributed by atoms with Crippen LogP contribution in [0, 0.1) is 0 Å². The number of fused-ring (bicyclic) bond motifs is 1. The zero-order valence-electron chi connectivity index (χ0n) is 18.5. The molecule has 1 atom stereocenters. The van der Waals surface area contributed by atoms with Crippen molar-refractivity contribution in [1.29, 1.82) is 0 Å². The van der Waals surface area contributed by atoms with Crippen LogP contribution in [0.25, 0.3) is 10.8 Å². The predicted molar refractivity (Wildman–Crippen MR) is 127 cm³/mol. The highest BCUT2D eigenvalue weighted by Crippen LogP contribution is 2.20. The largest absolute Gasteiger partial charge is 0.339 e. The Morgan fingerprint density at radius 3 is 2.22 bits per heavy atom. The number of piperazine rings is 1. The number of likely N-dealkylation sites (N-methyl/N-ethyl adjacent to an activating group) is 1. The molecule has 0 aliphatic carbocycles. The zero-order valence-corrected chi connectivity index (χ0v) is 19.3. The van der Waals surface area contributed by atoms with E-state index in [4.69, 9.17) is 0 Å². The minimum Gasteiger partial charge on any atom is -0.339 e. The Bertz CT molecular complexity index is 1190. The maximum absolute atomic E-state index is 13.1. The number of carbonyl (C=O) groups is 1. The van der Waals surface area contributed by atoms with Crippen molar-refractivity contribution in [2.45, 2.75) is 24.4 Å². The van der Waals surface area contributed by atoms with Crippen LogP contribution in [0.3, 0.4) is 0 Å². The van der Waals surface area contributed by atoms with Gasteiger partial charge in [0.15, 0.2) is 0 Å². The lowest BCUT2D eigenvalue weighted by Crippen LogP contribution is -2.54. The summed E-state index contributed by atoms with van der Waals surface area (Å²) in [5, 5.41) is 2.39. The van der Waals surface area contributed by atoms with Crippen LogP contribution in [-0.2, 0) is 21.4 Å². The highest BCUT2D eigenvalue weighted by molar-refractivity contribution is 7.89. The van der Waals surface area contributed by atoms with Gasteiger partial charge in [-0.05, 0) is 48.5 Å². The van der Waals surface area contributed by atoms with Crippen LogP contribution in [0.2, 0.25) is 0 Å². The van der Waals surface area contributed by atoms with Crippen molar-refractivity contribution in [2.24, 2.45) is 0 Å². The SMILES string of the molecule is CC(C(=O)N1CCN(S(=O)(=O)c2ccccc2)CC1)N(C)Cc1ccc2ccccc2c1. The third kappa shape index (κ3) is 4.70. The molecule has 168 valence electrons. The predicted octanol–water partition coefficient (Wildman–Crippen LogP) is 3.19. The van der Waals surface area contributed by atoms with E-state index in [2.05, 4.69) is 30.3 Å². The summed E-state index contributed by atoms with van der Waals surface area (Å²) in [6.07, 6.45) is 0. The van der Waals surface area contributed by atoms with E-state index in [0.717, 1.165) is 5.56 Å². The zero-order chi connectivity index (χ0) is 22.7. The van der Waals surface area contributed by atoms with Gasteiger partial charge in [-0.1, -0.05) is 54.6 Å². The molecule has 0 radical (unpaired) electrons. The van der Waals surface area contributed by atoms with Crippen LogP contribution in [0.1, 0.15) is 12.5 Å². The lowest BCUT2D eigenvalue weighted by atomic mass is 10.1. The number of carbonyl (C=O) groups excluding carboxylic acids is 1. The lowest BCUT2D eigenvalue weighted by molar-refractivity contribution is -0.137. The fourth-order valence-corrected chi connectivity index (χ4v) is 5.55. The summed E-state index contributed by atoms with van der Waals surface area (Å²) in [5.41, 5.74) is 1.16. The van der Waals surface area contributed by atoms with E-state index >= 15 is 0 Å². The molecule has 0 spiro atoms. The van der Waals surface area contributed by atoms with Crippen molar-refractivity contribution in [3.05, 3.63) is 78.4 Å². The van der Waals surface area contributed by atoms with Crippen molar-refractivity contribution in [3.8, 4) is 0 Å². The van der Waals surface area contributed by atoms with Gasteiger partial charge < -0.3 is 4.90 Å². The second-order valence-corrected chi connectivity index (χ2v) is 10.3. The number of nitrogens with zero attached hydrogens (tertiary/aromatic N) is 3. The molecule has 4 rings (SSSR count). The third-order valence-electron chi connectivity index (χ3n) is 6.20. The van der Waals surface area contributed by atoms with Crippen molar-refractivity contribution in [3.63, 3.8) is 0 Å². The van der Waals surface area contributed by atoms with Crippen molar-refractivity contribution >= 4 is 26.7 Å². The fourth-order valence-electron chi connectivity index (χ4n) is 4.11. The van der Waals surface area contributed by atoms with Gasteiger partial charge in [0.1, 0.15) is 0 Å². The van der Waals surface area contributed by atoms with E-state index in [-0.39, 0.29) is 11.9 Å². The molecule has 6 nitrogen and oxygen atoms in total. The number of hydrogen-bond acceptors (Lipinski definition) is 4. The van der Waals surface area contributed by atoms with E-state index in [0.29, 0.717) is 37.6 Å². The van der Waals surface area contributed by atoms with Gasteiger partial charge in [-0.3, -0.25) is 9.69 Å². The summed E-state index contributed by atoms with van der Waals surface area (Å²) in [6.45, 7) is 4.00. The molecular weight excluding hydrogens is 422 g/mol. The van der Waals surface area contributed by atoms with E-state index in [1.165, 1.54) is 15.1 Å². The first-order valence-corrected chi connectivity index (χ1v) is 12.3. The molecule has 32 heavy (non-hydrogen) atoms. The van der Waals surface area contributed by atoms with Gasteiger partial charge in [-0.2, -0.15) is 4.31 Å². The maximum atomic E-state index is 13.1. The summed E-state index contributed by atoms with van der Waals surface area (Å²) in [6, 6.07) is 22.8. The summed E-state index contributed by atoms with van der Waals surface area (Å²) in [4.78, 5) is 17.2. The van der Waals surface area contributed by atoms with Crippen molar-refractivity contribution < 1.29 is 13.2 Å². The molecule has 1 saturated heterocycles. The molecule has 0 saturated carbocycles. The van der Waals surface area contributed by atoms with E-state index in [1.54, 1.807) is 35.2 Å². The van der Waals surface area contributed by atoms with E-state index in [1.807, 2.05) is 31.0 Å². The van der Waals surface area contributed by atoms with E-state index < -0.39 is 10.0 Å². The Morgan fingerprint density at radius 1 is 0.906 bits per heavy atom. The second kappa shape index (κ2) is 9.40. The van der Waals surface area contributed by atoms with Gasteiger partial charge in [0, 0.05) is 32.7 Å². The smallest absolute Gasteiger partial charge is 0.243 e. The highest BCUT2D eigenvalue weighted by atomic mass is 32.2. The first kappa shape index (κ1) is 22.5. The average molecular weight is 452 g/mol. The Kier molecular flexibility index (Phi) is 6.60. The van der Waals surface area contributed by atoms with Crippen molar-refractivity contribution in [1.82, 2.24) is 14.1 Å². The number of sulfonamides is 1. The standard InChI is InChI=1S/C25H29N3O3S/c1-20(26(2)19-21-12-13-22-8-6-7-9-23(22)18-21)25(29)27-14-16-28(17-15-27)32(30,31)24-10-4-3-5-11-24/h3-13,18,20H,14-17,19H2,1-2H3. The fraction of sp³-hybridized carbons (Fsp3) is 0.320. The van der Waals surface area contributed by atoms with Gasteiger partial charge in [0.2, 0.25) is 15.9 Å². The number of amides is 1. The van der Waals surface area contributed by atoms with Crippen LogP contribution in [0.15, 0.2) is 77.7 Å².